The van der Waals surface area contributed by atoms with Gasteiger partial charge < -0.3 is 16.0 Å². The van der Waals surface area contributed by atoms with E-state index < -0.39 is 34.9 Å². The van der Waals surface area contributed by atoms with Gasteiger partial charge in [0.25, 0.3) is 11.8 Å². The number of primary amides is 1. The Morgan fingerprint density at radius 1 is 1.28 bits per heavy atom. The van der Waals surface area contributed by atoms with E-state index in [2.05, 4.69) is 10.3 Å². The maximum absolute atomic E-state index is 13.4. The van der Waals surface area contributed by atoms with Crippen LogP contribution in [0.4, 0.5) is 24.5 Å². The molecule has 11 heteroatoms. The van der Waals surface area contributed by atoms with Crippen LogP contribution in [0.2, 0.25) is 5.02 Å². The van der Waals surface area contributed by atoms with E-state index in [1.165, 1.54) is 23.4 Å². The van der Waals surface area contributed by atoms with Crippen LogP contribution in [0.3, 0.4) is 0 Å². The van der Waals surface area contributed by atoms with Crippen molar-refractivity contribution < 1.29 is 22.8 Å². The van der Waals surface area contributed by atoms with E-state index in [4.69, 9.17) is 17.3 Å². The van der Waals surface area contributed by atoms with E-state index in [0.717, 1.165) is 18.6 Å². The summed E-state index contributed by atoms with van der Waals surface area (Å²) in [4.78, 5) is 31.8. The summed E-state index contributed by atoms with van der Waals surface area (Å²) in [6.07, 6.45) is -2.14. The van der Waals surface area contributed by atoms with E-state index >= 15 is 0 Å². The first kappa shape index (κ1) is 19.5. The van der Waals surface area contributed by atoms with E-state index in [9.17, 15) is 22.8 Å². The Morgan fingerprint density at radius 3 is 2.59 bits per heavy atom. The van der Waals surface area contributed by atoms with Gasteiger partial charge in [-0.25, -0.2) is 0 Å². The molecule has 0 spiro atoms. The minimum absolute atomic E-state index is 0.0431. The predicted octanol–water partition coefficient (Wildman–Crippen LogP) is 2.72. The average Bonchev–Trinajstić information content (AvgIpc) is 2.60. The van der Waals surface area contributed by atoms with E-state index in [0.29, 0.717) is 13.1 Å². The Kier molecular flexibility index (Phi) is 4.62. The lowest BCUT2D eigenvalue weighted by Crippen LogP contribution is -2.63. The van der Waals surface area contributed by atoms with Crippen LogP contribution in [-0.2, 0) is 6.18 Å². The fourth-order valence-corrected chi connectivity index (χ4v) is 3.66. The van der Waals surface area contributed by atoms with Gasteiger partial charge in [-0.15, -0.1) is 0 Å². The fourth-order valence-electron chi connectivity index (χ4n) is 3.43. The summed E-state index contributed by atoms with van der Waals surface area (Å²) in [5.74, 6) is -1.34. The van der Waals surface area contributed by atoms with Gasteiger partial charge in [0, 0.05) is 31.2 Å². The molecule has 152 valence electrons. The molecule has 3 N–H and O–H groups in total. The molecule has 1 atom stereocenters. The Balaban J connectivity index is 1.95. The van der Waals surface area contributed by atoms with E-state index in [-0.39, 0.29) is 22.5 Å². The second-order valence-corrected chi connectivity index (χ2v) is 7.12. The lowest BCUT2D eigenvalue weighted by atomic mass is 10.0. The number of halogens is 4. The Bertz CT molecular complexity index is 995. The number of pyridine rings is 1. The zero-order valence-electron chi connectivity index (χ0n) is 14.8. The van der Waals surface area contributed by atoms with Crippen molar-refractivity contribution >= 4 is 34.8 Å². The molecule has 1 fully saturated rings. The number of rotatable bonds is 3. The number of nitrogens with two attached hydrogens (primary N) is 1. The molecule has 0 unspecified atom stereocenters. The highest BCUT2D eigenvalue weighted by Gasteiger charge is 2.41. The van der Waals surface area contributed by atoms with Gasteiger partial charge in [0.05, 0.1) is 27.4 Å². The summed E-state index contributed by atoms with van der Waals surface area (Å²) in [5, 5.41) is 2.32. The summed E-state index contributed by atoms with van der Waals surface area (Å²) in [6, 6.07) is 3.42. The molecule has 2 aliphatic rings. The normalized spacial score (nSPS) is 19.4. The summed E-state index contributed by atoms with van der Waals surface area (Å²) < 4.78 is 40.3. The molecule has 0 aliphatic carbocycles. The number of benzene rings is 1. The lowest BCUT2D eigenvalue weighted by molar-refractivity contribution is -0.137. The number of anilines is 2. The predicted molar refractivity (Wildman–Crippen MR) is 98.8 cm³/mol. The van der Waals surface area contributed by atoms with E-state index in [1.807, 2.05) is 4.90 Å². The van der Waals surface area contributed by atoms with Gasteiger partial charge >= 0.3 is 6.18 Å². The van der Waals surface area contributed by atoms with Crippen molar-refractivity contribution in [3.05, 3.63) is 52.3 Å². The molecule has 1 saturated heterocycles. The number of likely N-dealkylation sites (tertiary alicyclic amines) is 1. The molecule has 2 aromatic rings. The highest BCUT2D eigenvalue weighted by atomic mass is 35.5. The zero-order chi connectivity index (χ0) is 20.9. The second kappa shape index (κ2) is 6.89. The largest absolute Gasteiger partial charge is 0.417 e. The van der Waals surface area contributed by atoms with Crippen molar-refractivity contribution in [2.24, 2.45) is 5.73 Å². The Hall–Kier alpha value is -2.85. The minimum Gasteiger partial charge on any atom is -0.365 e. The van der Waals surface area contributed by atoms with Crippen LogP contribution >= 0.6 is 11.6 Å². The van der Waals surface area contributed by atoms with Crippen molar-refractivity contribution in [2.45, 2.75) is 18.9 Å². The smallest absolute Gasteiger partial charge is 0.365 e. The van der Waals surface area contributed by atoms with Gasteiger partial charge in [0.1, 0.15) is 0 Å². The minimum atomic E-state index is -4.67. The Labute approximate surface area is 168 Å². The molecule has 1 aromatic carbocycles. The molecular formula is C18H15ClF3N5O2. The zero-order valence-corrected chi connectivity index (χ0v) is 15.6. The van der Waals surface area contributed by atoms with Gasteiger partial charge in [0.2, 0.25) is 0 Å². The standard InChI is InChI=1S/C18H15ClF3N5O2/c19-13-3-2-9(6-12(13)18(20,21)22)27-14-10(15(23)28)7-24-8-11(14)16(29)25-17(27)26-4-1-5-26/h2-3,6-8,17H,1,4-5H2,(H2,23,28)(H,25,29)/t17-/m1/s1. The third-order valence-electron chi connectivity index (χ3n) is 4.94. The van der Waals surface area contributed by atoms with Crippen LogP contribution in [0.25, 0.3) is 0 Å². The first-order valence-corrected chi connectivity index (χ1v) is 9.05. The molecule has 7 nitrogen and oxygen atoms in total. The SMILES string of the molecule is NC(=O)c1cncc2c1N(c1ccc(Cl)c(C(F)(F)F)c1)[C@@H](N1CCC1)NC2=O. The van der Waals surface area contributed by atoms with Crippen LogP contribution < -0.4 is 16.0 Å². The number of alkyl halides is 3. The number of nitrogens with zero attached hydrogens (tertiary/aromatic N) is 3. The average molecular weight is 426 g/mol. The fraction of sp³-hybridized carbons (Fsp3) is 0.278. The third kappa shape index (κ3) is 3.28. The summed E-state index contributed by atoms with van der Waals surface area (Å²) in [6.45, 7) is 1.26. The lowest BCUT2D eigenvalue weighted by Gasteiger charge is -2.48. The van der Waals surface area contributed by atoms with Gasteiger partial charge in [-0.3, -0.25) is 19.5 Å². The monoisotopic (exact) mass is 425 g/mol. The van der Waals surface area contributed by atoms with E-state index in [1.54, 1.807) is 0 Å². The molecule has 4 rings (SSSR count). The van der Waals surface area contributed by atoms with Crippen molar-refractivity contribution in [3.8, 4) is 0 Å². The van der Waals surface area contributed by atoms with Crippen LogP contribution in [0.1, 0.15) is 32.7 Å². The van der Waals surface area contributed by atoms with Crippen molar-refractivity contribution in [3.63, 3.8) is 0 Å². The highest BCUT2D eigenvalue weighted by Crippen LogP contribution is 2.42. The number of carbonyl (C=O) groups is 2. The van der Waals surface area contributed by atoms with Crippen molar-refractivity contribution in [2.75, 3.05) is 18.0 Å². The maximum atomic E-state index is 13.4. The first-order valence-electron chi connectivity index (χ1n) is 8.67. The molecular weight excluding hydrogens is 411 g/mol. The van der Waals surface area contributed by atoms with Crippen LogP contribution in [0, 0.1) is 0 Å². The Morgan fingerprint density at radius 2 is 2.00 bits per heavy atom. The number of nitrogens with one attached hydrogen (secondary N) is 1. The molecule has 3 heterocycles. The van der Waals surface area contributed by atoms with Gasteiger partial charge in [-0.05, 0) is 24.6 Å². The highest BCUT2D eigenvalue weighted by molar-refractivity contribution is 6.31. The molecule has 2 aliphatic heterocycles. The van der Waals surface area contributed by atoms with Crippen LogP contribution in [0.15, 0.2) is 30.6 Å². The van der Waals surface area contributed by atoms with Gasteiger partial charge in [-0.1, -0.05) is 11.6 Å². The summed E-state index contributed by atoms with van der Waals surface area (Å²) in [7, 11) is 0. The molecule has 29 heavy (non-hydrogen) atoms. The summed E-state index contributed by atoms with van der Waals surface area (Å²) in [5.41, 5.74) is 4.64. The molecule has 2 amide bonds. The first-order chi connectivity index (χ1) is 13.7. The molecule has 0 radical (unpaired) electrons. The van der Waals surface area contributed by atoms with Gasteiger partial charge in [-0.2, -0.15) is 13.2 Å². The van der Waals surface area contributed by atoms with Crippen molar-refractivity contribution in [1.29, 1.82) is 0 Å². The van der Waals surface area contributed by atoms with Crippen LogP contribution in [-0.4, -0.2) is 41.1 Å². The molecule has 0 bridgehead atoms. The third-order valence-corrected chi connectivity index (χ3v) is 5.27. The molecule has 0 saturated carbocycles. The van der Waals surface area contributed by atoms with Gasteiger partial charge in [0.15, 0.2) is 6.29 Å². The molecule has 1 aromatic heterocycles. The van der Waals surface area contributed by atoms with Crippen molar-refractivity contribution in [1.82, 2.24) is 15.2 Å². The number of fused-ring (bicyclic) bond motifs is 1. The number of amides is 2. The number of hydrogen-bond acceptors (Lipinski definition) is 5. The summed E-state index contributed by atoms with van der Waals surface area (Å²) >= 11 is 5.76. The maximum Gasteiger partial charge on any atom is 0.417 e. The quantitative estimate of drug-likeness (QED) is 0.789. The number of hydrogen-bond donors (Lipinski definition) is 2. The topological polar surface area (TPSA) is 91.6 Å². The van der Waals surface area contributed by atoms with Crippen LogP contribution in [0.5, 0.6) is 0 Å². The number of aromatic nitrogens is 1. The second-order valence-electron chi connectivity index (χ2n) is 6.72. The number of carbonyl (C=O) groups excluding carboxylic acids is 2.